The summed E-state index contributed by atoms with van der Waals surface area (Å²) in [5.74, 6) is 0.844. The van der Waals surface area contributed by atoms with Gasteiger partial charge in [-0.15, -0.1) is 0 Å². The quantitative estimate of drug-likeness (QED) is 0.805. The number of phenolic OH excluding ortho intramolecular Hbond substituents is 1. The molecule has 0 heterocycles. The number of nitrogens with one attached hydrogen (secondary N) is 1. The maximum absolute atomic E-state index is 11.1. The van der Waals surface area contributed by atoms with E-state index in [0.29, 0.717) is 18.8 Å². The Balaban J connectivity index is 2.49. The van der Waals surface area contributed by atoms with Gasteiger partial charge in [0.1, 0.15) is 11.5 Å². The monoisotopic (exact) mass is 257 g/mol. The van der Waals surface area contributed by atoms with Crippen LogP contribution >= 0.6 is 0 Å². The van der Waals surface area contributed by atoms with E-state index in [0.717, 1.165) is 5.56 Å². The van der Waals surface area contributed by atoms with Gasteiger partial charge in [0.15, 0.2) is 0 Å². The second-order valence-electron chi connectivity index (χ2n) is 3.93. The third-order valence-corrected chi connectivity index (χ3v) is 3.91. The SMILES string of the molecule is COc1ccc(CNCC(C)S(C)=O)c(O)c1. The van der Waals surface area contributed by atoms with E-state index in [4.69, 9.17) is 4.74 Å². The van der Waals surface area contributed by atoms with Crippen molar-refractivity contribution < 1.29 is 14.1 Å². The summed E-state index contributed by atoms with van der Waals surface area (Å²) in [5.41, 5.74) is 0.805. The Morgan fingerprint density at radius 1 is 1.53 bits per heavy atom. The van der Waals surface area contributed by atoms with E-state index in [1.54, 1.807) is 25.5 Å². The minimum atomic E-state index is -0.824. The van der Waals surface area contributed by atoms with Crippen LogP contribution in [0, 0.1) is 0 Å². The molecule has 0 aliphatic heterocycles. The van der Waals surface area contributed by atoms with Gasteiger partial charge in [0.25, 0.3) is 0 Å². The molecule has 17 heavy (non-hydrogen) atoms. The molecule has 5 heteroatoms. The molecule has 0 radical (unpaired) electrons. The number of phenols is 1. The molecule has 0 aliphatic rings. The lowest BCUT2D eigenvalue weighted by Gasteiger charge is -2.11. The van der Waals surface area contributed by atoms with Crippen molar-refractivity contribution >= 4 is 10.8 Å². The first kappa shape index (κ1) is 14.0. The first-order valence-corrected chi connectivity index (χ1v) is 7.05. The van der Waals surface area contributed by atoms with Gasteiger partial charge in [-0.2, -0.15) is 0 Å². The minimum absolute atomic E-state index is 0.107. The van der Waals surface area contributed by atoms with Crippen molar-refractivity contribution in [1.29, 1.82) is 0 Å². The number of hydrogen-bond donors (Lipinski definition) is 2. The molecule has 1 aromatic rings. The van der Waals surface area contributed by atoms with E-state index in [-0.39, 0.29) is 11.0 Å². The van der Waals surface area contributed by atoms with Crippen molar-refractivity contribution in [1.82, 2.24) is 5.32 Å². The lowest BCUT2D eigenvalue weighted by molar-refractivity contribution is 0.406. The largest absolute Gasteiger partial charge is 0.507 e. The molecule has 0 amide bonds. The number of benzene rings is 1. The molecule has 4 nitrogen and oxygen atoms in total. The Morgan fingerprint density at radius 2 is 2.24 bits per heavy atom. The molecule has 0 aromatic heterocycles. The number of hydrogen-bond acceptors (Lipinski definition) is 4. The Bertz CT molecular complexity index is 395. The summed E-state index contributed by atoms with van der Waals surface area (Å²) in [6.45, 7) is 3.14. The first-order chi connectivity index (χ1) is 8.04. The molecule has 0 aliphatic carbocycles. The van der Waals surface area contributed by atoms with Crippen LogP contribution < -0.4 is 10.1 Å². The topological polar surface area (TPSA) is 58.6 Å². The van der Waals surface area contributed by atoms with E-state index in [2.05, 4.69) is 5.32 Å². The summed E-state index contributed by atoms with van der Waals surface area (Å²) in [4.78, 5) is 0. The van der Waals surface area contributed by atoms with Gasteiger partial charge in [-0.1, -0.05) is 6.07 Å². The predicted molar refractivity (Wildman–Crippen MR) is 69.9 cm³/mol. The smallest absolute Gasteiger partial charge is 0.123 e. The fourth-order valence-corrected chi connectivity index (χ4v) is 1.70. The maximum Gasteiger partial charge on any atom is 0.123 e. The summed E-state index contributed by atoms with van der Waals surface area (Å²) in [7, 11) is 0.737. The zero-order chi connectivity index (χ0) is 12.8. The molecule has 2 atom stereocenters. The number of aromatic hydroxyl groups is 1. The molecule has 0 spiro atoms. The molecule has 0 saturated heterocycles. The predicted octanol–water partition coefficient (Wildman–Crippen LogP) is 1.26. The van der Waals surface area contributed by atoms with Crippen molar-refractivity contribution in [2.45, 2.75) is 18.7 Å². The van der Waals surface area contributed by atoms with Crippen LogP contribution in [-0.2, 0) is 17.3 Å². The lowest BCUT2D eigenvalue weighted by Crippen LogP contribution is -2.27. The lowest BCUT2D eigenvalue weighted by atomic mass is 10.2. The fourth-order valence-electron chi connectivity index (χ4n) is 1.35. The highest BCUT2D eigenvalue weighted by atomic mass is 32.2. The third kappa shape index (κ3) is 4.36. The van der Waals surface area contributed by atoms with Crippen molar-refractivity contribution in [2.75, 3.05) is 19.9 Å². The van der Waals surface area contributed by atoms with Gasteiger partial charge >= 0.3 is 0 Å². The highest BCUT2D eigenvalue weighted by molar-refractivity contribution is 7.84. The molecule has 96 valence electrons. The average molecular weight is 257 g/mol. The van der Waals surface area contributed by atoms with Crippen LogP contribution in [0.5, 0.6) is 11.5 Å². The van der Waals surface area contributed by atoms with Crippen molar-refractivity contribution in [2.24, 2.45) is 0 Å². The molecular weight excluding hydrogens is 238 g/mol. The summed E-state index contributed by atoms with van der Waals surface area (Å²) in [6.07, 6.45) is 1.69. The molecule has 0 bridgehead atoms. The fraction of sp³-hybridized carbons (Fsp3) is 0.500. The van der Waals surface area contributed by atoms with Crippen molar-refractivity contribution in [3.8, 4) is 11.5 Å². The zero-order valence-electron chi connectivity index (χ0n) is 10.4. The average Bonchev–Trinajstić information content (AvgIpc) is 2.30. The summed E-state index contributed by atoms with van der Waals surface area (Å²) in [5, 5.41) is 13.0. The normalized spacial score (nSPS) is 14.3. The molecule has 2 unspecified atom stereocenters. The highest BCUT2D eigenvalue weighted by Crippen LogP contribution is 2.22. The van der Waals surface area contributed by atoms with E-state index in [1.807, 2.05) is 13.0 Å². The summed E-state index contributed by atoms with van der Waals surface area (Å²) >= 11 is 0. The Morgan fingerprint density at radius 3 is 2.76 bits per heavy atom. The van der Waals surface area contributed by atoms with Crippen LogP contribution in [-0.4, -0.2) is 34.5 Å². The van der Waals surface area contributed by atoms with Crippen LogP contribution in [0.2, 0.25) is 0 Å². The van der Waals surface area contributed by atoms with Crippen LogP contribution in [0.3, 0.4) is 0 Å². The Kier molecular flexibility index (Phi) is 5.44. The van der Waals surface area contributed by atoms with E-state index in [1.165, 1.54) is 0 Å². The molecule has 2 N–H and O–H groups in total. The van der Waals surface area contributed by atoms with Crippen molar-refractivity contribution in [3.63, 3.8) is 0 Å². The Hall–Kier alpha value is -1.07. The van der Waals surface area contributed by atoms with Crippen LogP contribution in [0.15, 0.2) is 18.2 Å². The molecule has 1 aromatic carbocycles. The third-order valence-electron chi connectivity index (χ3n) is 2.61. The van der Waals surface area contributed by atoms with Crippen LogP contribution in [0.4, 0.5) is 0 Å². The summed E-state index contributed by atoms with van der Waals surface area (Å²) < 4.78 is 16.1. The van der Waals surface area contributed by atoms with Gasteiger partial charge in [0, 0.05) is 47.0 Å². The maximum atomic E-state index is 11.1. The van der Waals surface area contributed by atoms with Gasteiger partial charge < -0.3 is 15.2 Å². The van der Waals surface area contributed by atoms with Crippen LogP contribution in [0.1, 0.15) is 12.5 Å². The van der Waals surface area contributed by atoms with Gasteiger partial charge in [-0.05, 0) is 13.0 Å². The second-order valence-corrected chi connectivity index (χ2v) is 5.74. The molecule has 0 fully saturated rings. The minimum Gasteiger partial charge on any atom is -0.507 e. The number of rotatable bonds is 6. The van der Waals surface area contributed by atoms with Crippen LogP contribution in [0.25, 0.3) is 0 Å². The molecule has 0 saturated carbocycles. The van der Waals surface area contributed by atoms with E-state index < -0.39 is 10.8 Å². The summed E-state index contributed by atoms with van der Waals surface area (Å²) in [6, 6.07) is 5.20. The molecule has 1 rings (SSSR count). The van der Waals surface area contributed by atoms with Gasteiger partial charge in [-0.3, -0.25) is 4.21 Å². The molecular formula is C12H19NO3S. The zero-order valence-corrected chi connectivity index (χ0v) is 11.2. The Labute approximate surface area is 104 Å². The van der Waals surface area contributed by atoms with E-state index >= 15 is 0 Å². The number of methoxy groups -OCH3 is 1. The standard InChI is InChI=1S/C12H19NO3S/c1-9(17(3)15)7-13-8-10-4-5-11(16-2)6-12(10)14/h4-6,9,13-14H,7-8H2,1-3H3. The van der Waals surface area contributed by atoms with Crippen molar-refractivity contribution in [3.05, 3.63) is 23.8 Å². The first-order valence-electron chi connectivity index (χ1n) is 5.43. The van der Waals surface area contributed by atoms with Gasteiger partial charge in [0.05, 0.1) is 7.11 Å². The van der Waals surface area contributed by atoms with Gasteiger partial charge in [-0.25, -0.2) is 0 Å². The van der Waals surface area contributed by atoms with E-state index in [9.17, 15) is 9.32 Å². The highest BCUT2D eigenvalue weighted by Gasteiger charge is 2.07. The van der Waals surface area contributed by atoms with Gasteiger partial charge in [0.2, 0.25) is 0 Å². The number of ether oxygens (including phenoxy) is 1. The second kappa shape index (κ2) is 6.61.